The highest BCUT2D eigenvalue weighted by atomic mass is 35.5. The first-order chi connectivity index (χ1) is 12.6. The highest BCUT2D eigenvalue weighted by Crippen LogP contribution is 2.28. The van der Waals surface area contributed by atoms with Crippen LogP contribution < -0.4 is 15.0 Å². The summed E-state index contributed by atoms with van der Waals surface area (Å²) in [6, 6.07) is 13.3. The van der Waals surface area contributed by atoms with Gasteiger partial charge in [-0.3, -0.25) is 0 Å². The second-order valence-corrected chi connectivity index (χ2v) is 6.62. The van der Waals surface area contributed by atoms with Gasteiger partial charge in [-0.1, -0.05) is 29.8 Å². The molecule has 1 saturated heterocycles. The van der Waals surface area contributed by atoms with Gasteiger partial charge in [0.15, 0.2) is 0 Å². The molecular weight excluding hydrogens is 350 g/mol. The minimum atomic E-state index is -0.0976. The van der Waals surface area contributed by atoms with Gasteiger partial charge in [-0.15, -0.1) is 0 Å². The first-order valence-corrected chi connectivity index (χ1v) is 9.25. The van der Waals surface area contributed by atoms with Crippen LogP contribution in [-0.4, -0.2) is 43.7 Å². The van der Waals surface area contributed by atoms with Crippen LogP contribution in [0.1, 0.15) is 12.5 Å². The smallest absolute Gasteiger partial charge is 0.322 e. The molecule has 0 unspecified atom stereocenters. The van der Waals surface area contributed by atoms with E-state index in [0.29, 0.717) is 31.1 Å². The molecule has 0 aromatic heterocycles. The number of ether oxygens (including phenoxy) is 1. The first kappa shape index (κ1) is 18.4. The van der Waals surface area contributed by atoms with Gasteiger partial charge in [0.05, 0.1) is 12.3 Å². The third-order valence-corrected chi connectivity index (χ3v) is 4.98. The number of amides is 2. The maximum Gasteiger partial charge on any atom is 0.322 e. The Bertz CT molecular complexity index is 773. The van der Waals surface area contributed by atoms with Gasteiger partial charge in [0.1, 0.15) is 5.75 Å². The average Bonchev–Trinajstić information content (AvgIpc) is 2.66. The molecule has 1 N–H and O–H groups in total. The van der Waals surface area contributed by atoms with Crippen molar-refractivity contribution in [2.24, 2.45) is 0 Å². The van der Waals surface area contributed by atoms with E-state index in [1.165, 1.54) is 0 Å². The van der Waals surface area contributed by atoms with Gasteiger partial charge >= 0.3 is 6.03 Å². The Morgan fingerprint density at radius 2 is 1.85 bits per heavy atom. The Morgan fingerprint density at radius 1 is 1.12 bits per heavy atom. The lowest BCUT2D eigenvalue weighted by Gasteiger charge is -2.37. The number of hydrogen-bond donors (Lipinski definition) is 1. The Balaban J connectivity index is 1.61. The molecular formula is C20H24ClN3O2. The number of halogens is 1. The number of nitrogens with zero attached hydrogens (tertiary/aromatic N) is 2. The maximum absolute atomic E-state index is 12.6. The summed E-state index contributed by atoms with van der Waals surface area (Å²) in [7, 11) is 0. The number of carbonyl (C=O) groups is 1. The fraction of sp³-hybridized carbons (Fsp3) is 0.350. The Morgan fingerprint density at radius 3 is 2.58 bits per heavy atom. The number of hydrogen-bond acceptors (Lipinski definition) is 3. The van der Waals surface area contributed by atoms with E-state index in [4.69, 9.17) is 16.3 Å². The number of benzene rings is 2. The number of anilines is 2. The summed E-state index contributed by atoms with van der Waals surface area (Å²) >= 11 is 6.23. The lowest BCUT2D eigenvalue weighted by molar-refractivity contribution is 0.208. The second-order valence-electron chi connectivity index (χ2n) is 6.22. The van der Waals surface area contributed by atoms with Crippen molar-refractivity contribution < 1.29 is 9.53 Å². The van der Waals surface area contributed by atoms with E-state index in [2.05, 4.69) is 16.3 Å². The second kappa shape index (κ2) is 8.32. The van der Waals surface area contributed by atoms with Crippen LogP contribution in [0.25, 0.3) is 0 Å². The van der Waals surface area contributed by atoms with Crippen molar-refractivity contribution in [3.8, 4) is 5.75 Å². The summed E-state index contributed by atoms with van der Waals surface area (Å²) in [5.41, 5.74) is 2.92. The molecule has 0 radical (unpaired) electrons. The highest BCUT2D eigenvalue weighted by Gasteiger charge is 2.23. The molecule has 5 nitrogen and oxygen atoms in total. The number of carbonyl (C=O) groups excluding carboxylic acids is 1. The van der Waals surface area contributed by atoms with Crippen molar-refractivity contribution in [1.82, 2.24) is 4.90 Å². The largest absolute Gasteiger partial charge is 0.492 e. The minimum Gasteiger partial charge on any atom is -0.492 e. The molecule has 6 heteroatoms. The number of piperazine rings is 1. The third kappa shape index (κ3) is 4.05. The average molecular weight is 374 g/mol. The predicted octanol–water partition coefficient (Wildman–Crippen LogP) is 4.40. The predicted molar refractivity (Wildman–Crippen MR) is 107 cm³/mol. The van der Waals surface area contributed by atoms with E-state index in [1.807, 2.05) is 55.1 Å². The Labute approximate surface area is 159 Å². The number of urea groups is 1. The van der Waals surface area contributed by atoms with Crippen molar-refractivity contribution in [2.45, 2.75) is 13.8 Å². The molecule has 3 rings (SSSR count). The van der Waals surface area contributed by atoms with Crippen LogP contribution in [0.15, 0.2) is 42.5 Å². The lowest BCUT2D eigenvalue weighted by atomic mass is 10.1. The minimum absolute atomic E-state index is 0.0976. The SMILES string of the molecule is CCOc1ccccc1NC(=O)N1CCN(c2cccc(Cl)c2C)CC1. The zero-order valence-electron chi connectivity index (χ0n) is 15.2. The van der Waals surface area contributed by atoms with E-state index < -0.39 is 0 Å². The molecule has 1 aliphatic rings. The first-order valence-electron chi connectivity index (χ1n) is 8.88. The monoisotopic (exact) mass is 373 g/mol. The summed E-state index contributed by atoms with van der Waals surface area (Å²) in [6.07, 6.45) is 0. The Kier molecular flexibility index (Phi) is 5.89. The molecule has 0 atom stereocenters. The van der Waals surface area contributed by atoms with Crippen LogP contribution in [0.2, 0.25) is 5.02 Å². The van der Waals surface area contributed by atoms with Crippen molar-refractivity contribution >= 4 is 29.0 Å². The van der Waals surface area contributed by atoms with Gasteiger partial charge in [-0.2, -0.15) is 0 Å². The van der Waals surface area contributed by atoms with Crippen LogP contribution in [0, 0.1) is 6.92 Å². The fourth-order valence-corrected chi connectivity index (χ4v) is 3.30. The summed E-state index contributed by atoms with van der Waals surface area (Å²) in [6.45, 7) is 7.40. The van der Waals surface area contributed by atoms with Gasteiger partial charge in [-0.05, 0) is 43.7 Å². The normalized spacial score (nSPS) is 14.3. The van der Waals surface area contributed by atoms with Gasteiger partial charge in [0, 0.05) is 36.9 Å². The summed E-state index contributed by atoms with van der Waals surface area (Å²) in [5.74, 6) is 0.691. The molecule has 2 amide bonds. The molecule has 0 spiro atoms. The number of nitrogens with one attached hydrogen (secondary N) is 1. The van der Waals surface area contributed by atoms with Gasteiger partial charge in [0.25, 0.3) is 0 Å². The Hall–Kier alpha value is -2.40. The topological polar surface area (TPSA) is 44.8 Å². The summed E-state index contributed by atoms with van der Waals surface area (Å²) in [4.78, 5) is 16.7. The van der Waals surface area contributed by atoms with Gasteiger partial charge in [-0.25, -0.2) is 4.79 Å². The van der Waals surface area contributed by atoms with Crippen LogP contribution in [0.5, 0.6) is 5.75 Å². The molecule has 0 saturated carbocycles. The van der Waals surface area contributed by atoms with Gasteiger partial charge in [0.2, 0.25) is 0 Å². The maximum atomic E-state index is 12.6. The zero-order chi connectivity index (χ0) is 18.5. The molecule has 1 heterocycles. The van der Waals surface area contributed by atoms with E-state index in [1.54, 1.807) is 0 Å². The molecule has 0 bridgehead atoms. The van der Waals surface area contributed by atoms with Crippen molar-refractivity contribution in [3.05, 3.63) is 53.1 Å². The quantitative estimate of drug-likeness (QED) is 0.863. The summed E-state index contributed by atoms with van der Waals surface area (Å²) < 4.78 is 5.57. The number of para-hydroxylation sites is 2. The van der Waals surface area contributed by atoms with Crippen LogP contribution >= 0.6 is 11.6 Å². The van der Waals surface area contributed by atoms with Crippen LogP contribution in [-0.2, 0) is 0 Å². The van der Waals surface area contributed by atoms with Gasteiger partial charge < -0.3 is 19.9 Å². The number of rotatable bonds is 4. The van der Waals surface area contributed by atoms with Crippen molar-refractivity contribution in [3.63, 3.8) is 0 Å². The molecule has 26 heavy (non-hydrogen) atoms. The fourth-order valence-electron chi connectivity index (χ4n) is 3.13. The molecule has 138 valence electrons. The molecule has 1 fully saturated rings. The lowest BCUT2D eigenvalue weighted by Crippen LogP contribution is -2.50. The van der Waals surface area contributed by atoms with Crippen molar-refractivity contribution in [1.29, 1.82) is 0 Å². The van der Waals surface area contributed by atoms with E-state index in [0.717, 1.165) is 29.4 Å². The van der Waals surface area contributed by atoms with E-state index >= 15 is 0 Å². The van der Waals surface area contributed by atoms with Crippen LogP contribution in [0.3, 0.4) is 0 Å². The van der Waals surface area contributed by atoms with E-state index in [-0.39, 0.29) is 6.03 Å². The zero-order valence-corrected chi connectivity index (χ0v) is 15.9. The van der Waals surface area contributed by atoms with Crippen LogP contribution in [0.4, 0.5) is 16.2 Å². The molecule has 2 aromatic rings. The van der Waals surface area contributed by atoms with Crippen molar-refractivity contribution in [2.75, 3.05) is 43.0 Å². The third-order valence-electron chi connectivity index (χ3n) is 4.58. The molecule has 2 aromatic carbocycles. The standard InChI is InChI=1S/C20H24ClN3O2/c1-3-26-19-10-5-4-8-17(19)22-20(25)24-13-11-23(12-14-24)18-9-6-7-16(21)15(18)2/h4-10H,3,11-14H2,1-2H3,(H,22,25). The highest BCUT2D eigenvalue weighted by molar-refractivity contribution is 6.31. The molecule has 0 aliphatic carbocycles. The molecule has 1 aliphatic heterocycles. The van der Waals surface area contributed by atoms with E-state index in [9.17, 15) is 4.79 Å². The summed E-state index contributed by atoms with van der Waals surface area (Å²) in [5, 5.41) is 3.74.